The van der Waals surface area contributed by atoms with E-state index in [9.17, 15) is 10.1 Å². The first-order valence-electron chi connectivity index (χ1n) is 9.22. The largest absolute Gasteiger partial charge is 0.276 e. The average molecular weight is 389 g/mol. The molecular formula is C21H19N5OS. The monoisotopic (exact) mass is 389 g/mol. The lowest BCUT2D eigenvalue weighted by molar-refractivity contribution is 0.620. The van der Waals surface area contributed by atoms with E-state index >= 15 is 0 Å². The summed E-state index contributed by atoms with van der Waals surface area (Å²) in [4.78, 5) is 13.0. The molecule has 0 atom stereocenters. The van der Waals surface area contributed by atoms with Crippen LogP contribution in [0.3, 0.4) is 0 Å². The number of hydrogen-bond acceptors (Lipinski definition) is 5. The van der Waals surface area contributed by atoms with Crippen molar-refractivity contribution in [1.82, 2.24) is 19.2 Å². The van der Waals surface area contributed by atoms with Crippen LogP contribution in [0.2, 0.25) is 0 Å². The van der Waals surface area contributed by atoms with Crippen LogP contribution in [0.1, 0.15) is 30.9 Å². The van der Waals surface area contributed by atoms with Gasteiger partial charge in [-0.25, -0.2) is 0 Å². The van der Waals surface area contributed by atoms with Gasteiger partial charge in [-0.2, -0.15) is 5.26 Å². The van der Waals surface area contributed by atoms with E-state index in [0.29, 0.717) is 34.2 Å². The van der Waals surface area contributed by atoms with E-state index in [-0.39, 0.29) is 5.56 Å². The Morgan fingerprint density at radius 3 is 2.71 bits per heavy atom. The Kier molecular flexibility index (Phi) is 5.13. The fraction of sp³-hybridized carbons (Fsp3) is 0.238. The number of rotatable bonds is 6. The smallest absolute Gasteiger partial charge is 0.262 e. The molecule has 0 spiro atoms. The third-order valence-corrected chi connectivity index (χ3v) is 5.69. The molecule has 0 aliphatic heterocycles. The third-order valence-electron chi connectivity index (χ3n) is 4.71. The van der Waals surface area contributed by atoms with E-state index in [2.05, 4.69) is 23.2 Å². The van der Waals surface area contributed by atoms with Crippen molar-refractivity contribution in [3.05, 3.63) is 70.0 Å². The lowest BCUT2D eigenvalue weighted by atomic mass is 10.1. The van der Waals surface area contributed by atoms with Crippen LogP contribution in [-0.2, 0) is 12.3 Å². The molecule has 7 heteroatoms. The molecule has 0 saturated heterocycles. The standard InChI is InChI=1S/C21H19N5OS/c1-2-3-12-25-19(27)17-10-6-7-11-18(17)26-20(25)23-24-21(26)28-14-16-9-5-4-8-15(16)13-22/h4-11H,2-3,12,14H2,1H3. The van der Waals surface area contributed by atoms with Gasteiger partial charge in [-0.15, -0.1) is 10.2 Å². The number of nitriles is 1. The molecule has 0 radical (unpaired) electrons. The zero-order valence-electron chi connectivity index (χ0n) is 15.5. The van der Waals surface area contributed by atoms with E-state index in [0.717, 1.165) is 23.9 Å². The Hall–Kier alpha value is -3.11. The van der Waals surface area contributed by atoms with Crippen LogP contribution >= 0.6 is 11.8 Å². The Morgan fingerprint density at radius 2 is 1.89 bits per heavy atom. The maximum atomic E-state index is 13.0. The molecule has 0 saturated carbocycles. The highest BCUT2D eigenvalue weighted by molar-refractivity contribution is 7.98. The van der Waals surface area contributed by atoms with E-state index in [4.69, 9.17) is 0 Å². The first kappa shape index (κ1) is 18.3. The molecule has 0 amide bonds. The zero-order chi connectivity index (χ0) is 19.5. The van der Waals surface area contributed by atoms with Gasteiger partial charge >= 0.3 is 0 Å². The van der Waals surface area contributed by atoms with Gasteiger partial charge in [0.2, 0.25) is 5.78 Å². The van der Waals surface area contributed by atoms with Crippen molar-refractivity contribution in [1.29, 1.82) is 5.26 Å². The highest BCUT2D eigenvalue weighted by atomic mass is 32.2. The number of unbranched alkanes of at least 4 members (excludes halogenated alkanes) is 1. The third kappa shape index (κ3) is 3.16. The zero-order valence-corrected chi connectivity index (χ0v) is 16.3. The van der Waals surface area contributed by atoms with Crippen LogP contribution in [0.15, 0.2) is 58.5 Å². The normalized spacial score (nSPS) is 11.1. The van der Waals surface area contributed by atoms with Crippen LogP contribution in [-0.4, -0.2) is 19.2 Å². The topological polar surface area (TPSA) is 76.0 Å². The molecule has 0 unspecified atom stereocenters. The number of benzene rings is 2. The van der Waals surface area contributed by atoms with Gasteiger partial charge in [0.25, 0.3) is 5.56 Å². The van der Waals surface area contributed by atoms with E-state index in [1.807, 2.05) is 52.9 Å². The highest BCUT2D eigenvalue weighted by Gasteiger charge is 2.16. The minimum Gasteiger partial charge on any atom is -0.276 e. The quantitative estimate of drug-likeness (QED) is 0.466. The van der Waals surface area contributed by atoms with Crippen molar-refractivity contribution in [2.75, 3.05) is 0 Å². The van der Waals surface area contributed by atoms with Crippen LogP contribution in [0.25, 0.3) is 16.7 Å². The minimum atomic E-state index is -0.0321. The van der Waals surface area contributed by atoms with E-state index in [1.165, 1.54) is 11.8 Å². The summed E-state index contributed by atoms with van der Waals surface area (Å²) in [6.45, 7) is 2.71. The molecule has 0 bridgehead atoms. The second-order valence-corrected chi connectivity index (χ2v) is 7.45. The van der Waals surface area contributed by atoms with Crippen molar-refractivity contribution < 1.29 is 0 Å². The number of hydrogen-bond donors (Lipinski definition) is 0. The van der Waals surface area contributed by atoms with Gasteiger partial charge in [0.15, 0.2) is 5.16 Å². The fourth-order valence-electron chi connectivity index (χ4n) is 3.24. The summed E-state index contributed by atoms with van der Waals surface area (Å²) < 4.78 is 3.66. The van der Waals surface area contributed by atoms with Crippen molar-refractivity contribution >= 4 is 28.4 Å². The predicted octanol–water partition coefficient (Wildman–Crippen LogP) is 4.01. The number of aryl methyl sites for hydroxylation is 1. The molecule has 4 rings (SSSR count). The average Bonchev–Trinajstić information content (AvgIpc) is 3.16. The first-order chi connectivity index (χ1) is 13.7. The summed E-state index contributed by atoms with van der Waals surface area (Å²) >= 11 is 1.52. The summed E-state index contributed by atoms with van der Waals surface area (Å²) in [7, 11) is 0. The van der Waals surface area contributed by atoms with Crippen molar-refractivity contribution in [2.24, 2.45) is 0 Å². The molecule has 6 nitrogen and oxygen atoms in total. The SMILES string of the molecule is CCCCn1c(=O)c2ccccc2n2c(SCc3ccccc3C#N)nnc12. The van der Waals surface area contributed by atoms with Gasteiger partial charge < -0.3 is 0 Å². The summed E-state index contributed by atoms with van der Waals surface area (Å²) in [6, 6.07) is 17.3. The Labute approximate surface area is 166 Å². The number of thioether (sulfide) groups is 1. The molecule has 0 fully saturated rings. The number of nitrogens with zero attached hydrogens (tertiary/aromatic N) is 5. The molecule has 28 heavy (non-hydrogen) atoms. The Balaban J connectivity index is 1.83. The van der Waals surface area contributed by atoms with Crippen LogP contribution in [0.5, 0.6) is 0 Å². The van der Waals surface area contributed by atoms with Crippen molar-refractivity contribution in [2.45, 2.75) is 37.2 Å². The molecule has 2 aromatic heterocycles. The molecule has 140 valence electrons. The van der Waals surface area contributed by atoms with Crippen molar-refractivity contribution in [3.8, 4) is 6.07 Å². The summed E-state index contributed by atoms with van der Waals surface area (Å²) in [5, 5.41) is 19.4. The summed E-state index contributed by atoms with van der Waals surface area (Å²) in [6.07, 6.45) is 1.89. The second kappa shape index (κ2) is 7.87. The maximum absolute atomic E-state index is 13.0. The van der Waals surface area contributed by atoms with Gasteiger partial charge in [0.05, 0.1) is 22.5 Å². The molecular weight excluding hydrogens is 370 g/mol. The number of para-hydroxylation sites is 1. The summed E-state index contributed by atoms with van der Waals surface area (Å²) in [5.74, 6) is 1.17. The second-order valence-electron chi connectivity index (χ2n) is 6.50. The van der Waals surface area contributed by atoms with Crippen LogP contribution < -0.4 is 5.56 Å². The first-order valence-corrected chi connectivity index (χ1v) is 10.2. The van der Waals surface area contributed by atoms with E-state index in [1.54, 1.807) is 4.57 Å². The molecule has 4 aromatic rings. The van der Waals surface area contributed by atoms with Gasteiger partial charge in [0, 0.05) is 12.3 Å². The lowest BCUT2D eigenvalue weighted by Gasteiger charge is -2.11. The minimum absolute atomic E-state index is 0.0321. The lowest BCUT2D eigenvalue weighted by Crippen LogP contribution is -2.23. The number of aromatic nitrogens is 4. The molecule has 2 aromatic carbocycles. The van der Waals surface area contributed by atoms with E-state index < -0.39 is 0 Å². The molecule has 0 aliphatic rings. The highest BCUT2D eigenvalue weighted by Crippen LogP contribution is 2.25. The van der Waals surface area contributed by atoms with Crippen LogP contribution in [0.4, 0.5) is 0 Å². The maximum Gasteiger partial charge on any atom is 0.262 e. The summed E-state index contributed by atoms with van der Waals surface area (Å²) in [5.41, 5.74) is 2.38. The molecule has 2 heterocycles. The van der Waals surface area contributed by atoms with Gasteiger partial charge in [-0.1, -0.05) is 55.4 Å². The van der Waals surface area contributed by atoms with Gasteiger partial charge in [0.1, 0.15) is 0 Å². The molecule has 0 aliphatic carbocycles. The number of fused-ring (bicyclic) bond motifs is 3. The van der Waals surface area contributed by atoms with Gasteiger partial charge in [-0.3, -0.25) is 13.8 Å². The Bertz CT molecular complexity index is 1250. The molecule has 0 N–H and O–H groups in total. The fourth-order valence-corrected chi connectivity index (χ4v) is 4.19. The van der Waals surface area contributed by atoms with Crippen molar-refractivity contribution in [3.63, 3.8) is 0 Å². The Morgan fingerprint density at radius 1 is 1.11 bits per heavy atom. The predicted molar refractivity (Wildman–Crippen MR) is 110 cm³/mol. The van der Waals surface area contributed by atoms with Gasteiger partial charge in [-0.05, 0) is 30.2 Å². The van der Waals surface area contributed by atoms with Crippen LogP contribution in [0, 0.1) is 11.3 Å².